The molecular weight excluding hydrogens is 515 g/mol. The summed E-state index contributed by atoms with van der Waals surface area (Å²) in [7, 11) is 1.27. The van der Waals surface area contributed by atoms with E-state index in [1.165, 1.54) is 18.2 Å². The maximum Gasteiger partial charge on any atom is 0.419 e. The van der Waals surface area contributed by atoms with Crippen molar-refractivity contribution in [3.63, 3.8) is 0 Å². The van der Waals surface area contributed by atoms with Gasteiger partial charge in [0.25, 0.3) is 0 Å². The van der Waals surface area contributed by atoms with Gasteiger partial charge in [0, 0.05) is 36.9 Å². The number of aromatic nitrogens is 3. The van der Waals surface area contributed by atoms with Crippen LogP contribution in [0.3, 0.4) is 0 Å². The predicted molar refractivity (Wildman–Crippen MR) is 136 cm³/mol. The number of likely N-dealkylation sites (tertiary alicyclic amines) is 1. The van der Waals surface area contributed by atoms with Gasteiger partial charge < -0.3 is 20.1 Å². The SMILES string of the molecule is COC(=O)Cc1cccnc1CCc1nc(Nc2ccc(C3CCN(C(=O)O)CC3)cc2)ncc1C(F)(F)F. The first-order valence-corrected chi connectivity index (χ1v) is 12.4. The van der Waals surface area contributed by atoms with Crippen molar-refractivity contribution >= 4 is 23.7 Å². The Kier molecular flexibility index (Phi) is 8.62. The number of anilines is 2. The quantitative estimate of drug-likeness (QED) is 0.382. The Hall–Kier alpha value is -4.22. The van der Waals surface area contributed by atoms with Crippen LogP contribution in [-0.2, 0) is 35.0 Å². The summed E-state index contributed by atoms with van der Waals surface area (Å²) < 4.78 is 45.8. The van der Waals surface area contributed by atoms with Gasteiger partial charge in [-0.3, -0.25) is 9.78 Å². The van der Waals surface area contributed by atoms with Crippen LogP contribution in [0.15, 0.2) is 48.8 Å². The van der Waals surface area contributed by atoms with Gasteiger partial charge >= 0.3 is 18.2 Å². The zero-order chi connectivity index (χ0) is 28.0. The number of methoxy groups -OCH3 is 1. The molecule has 0 bridgehead atoms. The second kappa shape index (κ2) is 12.1. The number of nitrogens with zero attached hydrogens (tertiary/aromatic N) is 4. The summed E-state index contributed by atoms with van der Waals surface area (Å²) in [6.07, 6.45) is -1.76. The summed E-state index contributed by atoms with van der Waals surface area (Å²) in [5.74, 6) is -0.207. The number of amides is 1. The number of halogens is 3. The minimum Gasteiger partial charge on any atom is -0.469 e. The molecule has 1 fully saturated rings. The van der Waals surface area contributed by atoms with Crippen LogP contribution in [0.2, 0.25) is 0 Å². The molecule has 0 spiro atoms. The molecule has 3 aromatic rings. The minimum absolute atomic E-state index is 0.0244. The number of hydrogen-bond donors (Lipinski definition) is 2. The Labute approximate surface area is 223 Å². The molecule has 39 heavy (non-hydrogen) atoms. The van der Waals surface area contributed by atoms with Crippen LogP contribution in [0.4, 0.5) is 29.6 Å². The molecule has 2 N–H and O–H groups in total. The van der Waals surface area contributed by atoms with Gasteiger partial charge in [0.05, 0.1) is 24.8 Å². The lowest BCUT2D eigenvalue weighted by Crippen LogP contribution is -2.36. The number of rotatable bonds is 8. The van der Waals surface area contributed by atoms with Crippen molar-refractivity contribution in [2.24, 2.45) is 0 Å². The highest BCUT2D eigenvalue weighted by Gasteiger charge is 2.35. The second-order valence-electron chi connectivity index (χ2n) is 9.20. The van der Waals surface area contributed by atoms with Crippen LogP contribution >= 0.6 is 0 Å². The number of carbonyl (C=O) groups is 2. The van der Waals surface area contributed by atoms with Crippen molar-refractivity contribution in [3.8, 4) is 0 Å². The van der Waals surface area contributed by atoms with Crippen molar-refractivity contribution in [3.05, 3.63) is 76.9 Å². The third-order valence-electron chi connectivity index (χ3n) is 6.72. The van der Waals surface area contributed by atoms with Crippen molar-refractivity contribution < 1.29 is 32.6 Å². The van der Waals surface area contributed by atoms with Crippen molar-refractivity contribution in [2.45, 2.75) is 44.2 Å². The average Bonchev–Trinajstić information content (AvgIpc) is 2.92. The molecule has 0 radical (unpaired) electrons. The van der Waals surface area contributed by atoms with Crippen LogP contribution < -0.4 is 5.32 Å². The van der Waals surface area contributed by atoms with Crippen molar-refractivity contribution in [2.75, 3.05) is 25.5 Å². The zero-order valence-electron chi connectivity index (χ0n) is 21.2. The van der Waals surface area contributed by atoms with Crippen LogP contribution in [0.1, 0.15) is 46.8 Å². The molecule has 1 saturated heterocycles. The number of carboxylic acid groups (broad SMARTS) is 1. The number of nitrogens with one attached hydrogen (secondary N) is 1. The molecule has 0 saturated carbocycles. The molecule has 0 aliphatic carbocycles. The van der Waals surface area contributed by atoms with Gasteiger partial charge in [0.2, 0.25) is 5.95 Å². The number of aryl methyl sites for hydroxylation is 2. The number of ether oxygens (including phenoxy) is 1. The highest BCUT2D eigenvalue weighted by Crippen LogP contribution is 2.33. The van der Waals surface area contributed by atoms with Crippen LogP contribution in [0.25, 0.3) is 0 Å². The van der Waals surface area contributed by atoms with E-state index < -0.39 is 23.8 Å². The predicted octanol–water partition coefficient (Wildman–Crippen LogP) is 4.99. The van der Waals surface area contributed by atoms with Crippen molar-refractivity contribution in [1.82, 2.24) is 19.9 Å². The maximum atomic E-state index is 13.7. The highest BCUT2D eigenvalue weighted by molar-refractivity contribution is 5.72. The van der Waals surface area contributed by atoms with Gasteiger partial charge in [0.15, 0.2) is 0 Å². The smallest absolute Gasteiger partial charge is 0.419 e. The molecule has 1 aliphatic heterocycles. The number of carbonyl (C=O) groups excluding carboxylic acids is 1. The van der Waals surface area contributed by atoms with Gasteiger partial charge in [0.1, 0.15) is 0 Å². The van der Waals surface area contributed by atoms with Gasteiger partial charge in [-0.15, -0.1) is 0 Å². The van der Waals surface area contributed by atoms with E-state index in [1.54, 1.807) is 24.3 Å². The average molecular weight is 544 g/mol. The number of piperidine rings is 1. The van der Waals surface area contributed by atoms with E-state index in [-0.39, 0.29) is 36.8 Å². The summed E-state index contributed by atoms with van der Waals surface area (Å²) in [5.41, 5.74) is 1.64. The van der Waals surface area contributed by atoms with E-state index in [4.69, 9.17) is 9.84 Å². The van der Waals surface area contributed by atoms with Gasteiger partial charge in [-0.2, -0.15) is 13.2 Å². The molecule has 2 aromatic heterocycles. The number of esters is 1. The molecule has 9 nitrogen and oxygen atoms in total. The fraction of sp³-hybridized carbons (Fsp3) is 0.370. The van der Waals surface area contributed by atoms with E-state index in [0.717, 1.165) is 24.6 Å². The summed E-state index contributed by atoms with van der Waals surface area (Å²) in [5, 5.41) is 12.1. The number of hydrogen-bond acceptors (Lipinski definition) is 7. The van der Waals surface area contributed by atoms with Crippen LogP contribution in [0, 0.1) is 0 Å². The zero-order valence-corrected chi connectivity index (χ0v) is 21.2. The Morgan fingerprint density at radius 1 is 1.08 bits per heavy atom. The maximum absolute atomic E-state index is 13.7. The number of benzene rings is 1. The summed E-state index contributed by atoms with van der Waals surface area (Å²) >= 11 is 0. The van der Waals surface area contributed by atoms with E-state index in [9.17, 15) is 22.8 Å². The molecule has 206 valence electrons. The summed E-state index contributed by atoms with van der Waals surface area (Å²) in [6, 6.07) is 10.8. The normalized spacial score (nSPS) is 14.2. The summed E-state index contributed by atoms with van der Waals surface area (Å²) in [4.78, 5) is 36.5. The fourth-order valence-corrected chi connectivity index (χ4v) is 4.60. The van der Waals surface area contributed by atoms with E-state index in [2.05, 4.69) is 20.3 Å². The number of alkyl halides is 3. The minimum atomic E-state index is -4.63. The van der Waals surface area contributed by atoms with E-state index in [1.807, 2.05) is 12.1 Å². The topological polar surface area (TPSA) is 118 Å². The van der Waals surface area contributed by atoms with Crippen LogP contribution in [0.5, 0.6) is 0 Å². The first-order valence-electron chi connectivity index (χ1n) is 12.4. The molecule has 0 atom stereocenters. The molecule has 1 amide bonds. The van der Waals surface area contributed by atoms with E-state index in [0.29, 0.717) is 30.0 Å². The fourth-order valence-electron chi connectivity index (χ4n) is 4.60. The molecule has 3 heterocycles. The lowest BCUT2D eigenvalue weighted by molar-refractivity contribution is -0.140. The van der Waals surface area contributed by atoms with Crippen molar-refractivity contribution in [1.29, 1.82) is 0 Å². The summed E-state index contributed by atoms with van der Waals surface area (Å²) in [6.45, 7) is 0.954. The highest BCUT2D eigenvalue weighted by atomic mass is 19.4. The molecule has 0 unspecified atom stereocenters. The Morgan fingerprint density at radius 3 is 2.41 bits per heavy atom. The molecule has 1 aromatic carbocycles. The van der Waals surface area contributed by atoms with Crippen LogP contribution in [-0.4, -0.2) is 57.2 Å². The second-order valence-corrected chi connectivity index (χ2v) is 9.20. The Balaban J connectivity index is 1.47. The molecule has 4 rings (SSSR count). The lowest BCUT2D eigenvalue weighted by Gasteiger charge is -2.30. The number of pyridine rings is 1. The Morgan fingerprint density at radius 2 is 1.77 bits per heavy atom. The molecule has 12 heteroatoms. The molecule has 1 aliphatic rings. The lowest BCUT2D eigenvalue weighted by atomic mass is 9.89. The first-order chi connectivity index (χ1) is 18.6. The van der Waals surface area contributed by atoms with E-state index >= 15 is 0 Å². The molecular formula is C27H28F3N5O4. The standard InChI is InChI=1S/C27H28F3N5O4/c1-39-24(36)15-19-3-2-12-31-22(19)8-9-23-21(27(28,29)30)16-32-25(34-23)33-20-6-4-17(5-7-20)18-10-13-35(14-11-18)26(37)38/h2-7,12,16,18H,8-11,13-15H2,1H3,(H,37,38)(H,32,33,34). The largest absolute Gasteiger partial charge is 0.469 e. The third-order valence-corrected chi connectivity index (χ3v) is 6.72. The van der Waals surface area contributed by atoms with Gasteiger partial charge in [-0.25, -0.2) is 14.8 Å². The first kappa shape index (κ1) is 27.8. The monoisotopic (exact) mass is 543 g/mol. The Bertz CT molecular complexity index is 1310. The van der Waals surface area contributed by atoms with Gasteiger partial charge in [-0.05, 0) is 60.9 Å². The third kappa shape index (κ3) is 7.21. The van der Waals surface area contributed by atoms with Gasteiger partial charge in [-0.1, -0.05) is 18.2 Å².